The van der Waals surface area contributed by atoms with Crippen LogP contribution < -0.4 is 10.2 Å². The van der Waals surface area contributed by atoms with Crippen molar-refractivity contribution < 1.29 is 52.0 Å². The fourth-order valence-corrected chi connectivity index (χ4v) is 4.90. The van der Waals surface area contributed by atoms with Crippen LogP contribution in [0, 0.1) is 0 Å². The number of aromatic nitrogens is 1. The summed E-state index contributed by atoms with van der Waals surface area (Å²) < 4.78 is 38.9. The van der Waals surface area contributed by atoms with Gasteiger partial charge in [0.05, 0.1) is 22.2 Å². The smallest absolute Gasteiger partial charge is 0.303 e. The Hall–Kier alpha value is -4.30. The lowest BCUT2D eigenvalue weighted by molar-refractivity contribution is -0.255. The van der Waals surface area contributed by atoms with Crippen molar-refractivity contribution in [2.24, 2.45) is 0 Å². The SMILES string of the molecule is CC(=O)OCC1OC(COc2ccc3c(=O)c(-c4cscn4)coc3c2)C(OC(C)=O)C(OC(C)=O)C1OC(C)=O. The summed E-state index contributed by atoms with van der Waals surface area (Å²) in [4.78, 5) is 64.5. The summed E-state index contributed by atoms with van der Waals surface area (Å²) in [6.45, 7) is 4.03. The van der Waals surface area contributed by atoms with Crippen LogP contribution in [0.5, 0.6) is 5.75 Å². The van der Waals surface area contributed by atoms with E-state index in [4.69, 9.17) is 32.8 Å². The van der Waals surface area contributed by atoms with Crippen molar-refractivity contribution in [1.82, 2.24) is 4.98 Å². The van der Waals surface area contributed by atoms with Crippen LogP contribution in [0.2, 0.25) is 0 Å². The van der Waals surface area contributed by atoms with Crippen LogP contribution in [-0.2, 0) is 42.9 Å². The molecule has 5 unspecified atom stereocenters. The molecule has 0 bridgehead atoms. The first-order valence-corrected chi connectivity index (χ1v) is 13.3. The Bertz CT molecular complexity index is 1480. The molecule has 14 heteroatoms. The maximum absolute atomic E-state index is 12.9. The number of fused-ring (bicyclic) bond motifs is 1. The lowest BCUT2D eigenvalue weighted by Crippen LogP contribution is -2.63. The monoisotopic (exact) mass is 589 g/mol. The van der Waals surface area contributed by atoms with Gasteiger partial charge in [-0.1, -0.05) is 0 Å². The minimum Gasteiger partial charge on any atom is -0.491 e. The van der Waals surface area contributed by atoms with Gasteiger partial charge in [0.15, 0.2) is 18.3 Å². The number of ether oxygens (including phenoxy) is 6. The molecule has 1 aliphatic heterocycles. The van der Waals surface area contributed by atoms with Gasteiger partial charge in [-0.25, -0.2) is 4.98 Å². The normalized spacial score (nSPS) is 22.0. The average molecular weight is 590 g/mol. The molecular formula is C27H27NO12S. The number of esters is 4. The molecule has 0 spiro atoms. The highest BCUT2D eigenvalue weighted by Crippen LogP contribution is 2.30. The molecule has 1 saturated heterocycles. The van der Waals surface area contributed by atoms with E-state index in [-0.39, 0.29) is 30.0 Å². The topological polar surface area (TPSA) is 167 Å². The van der Waals surface area contributed by atoms with Crippen molar-refractivity contribution in [2.45, 2.75) is 58.2 Å². The van der Waals surface area contributed by atoms with Gasteiger partial charge in [-0.3, -0.25) is 24.0 Å². The molecule has 5 atom stereocenters. The number of nitrogens with zero attached hydrogens (tertiary/aromatic N) is 1. The van der Waals surface area contributed by atoms with E-state index >= 15 is 0 Å². The van der Waals surface area contributed by atoms with E-state index in [1.807, 2.05) is 0 Å². The molecule has 0 amide bonds. The number of hydrogen-bond acceptors (Lipinski definition) is 14. The average Bonchev–Trinajstić information content (AvgIpc) is 3.43. The summed E-state index contributed by atoms with van der Waals surface area (Å²) in [5, 5.41) is 2.05. The van der Waals surface area contributed by atoms with E-state index in [1.54, 1.807) is 23.0 Å². The summed E-state index contributed by atoms with van der Waals surface area (Å²) in [5.74, 6) is -2.52. The van der Waals surface area contributed by atoms with E-state index in [1.165, 1.54) is 30.6 Å². The Morgan fingerprint density at radius 3 is 2.10 bits per heavy atom. The van der Waals surface area contributed by atoms with Gasteiger partial charge in [-0.05, 0) is 12.1 Å². The highest BCUT2D eigenvalue weighted by atomic mass is 32.1. The van der Waals surface area contributed by atoms with Gasteiger partial charge in [-0.2, -0.15) is 0 Å². The van der Waals surface area contributed by atoms with E-state index in [2.05, 4.69) is 4.98 Å². The molecule has 0 radical (unpaired) electrons. The second kappa shape index (κ2) is 12.9. The van der Waals surface area contributed by atoms with Crippen molar-refractivity contribution in [2.75, 3.05) is 13.2 Å². The first-order valence-electron chi connectivity index (χ1n) is 12.4. The fraction of sp³-hybridized carbons (Fsp3) is 0.407. The maximum Gasteiger partial charge on any atom is 0.303 e. The number of hydrogen-bond donors (Lipinski definition) is 0. The molecule has 3 heterocycles. The third-order valence-electron chi connectivity index (χ3n) is 5.96. The molecule has 1 fully saturated rings. The molecule has 3 aromatic rings. The molecule has 1 aliphatic rings. The van der Waals surface area contributed by atoms with E-state index in [0.717, 1.165) is 20.8 Å². The van der Waals surface area contributed by atoms with Crippen LogP contribution in [0.25, 0.3) is 22.2 Å². The first-order chi connectivity index (χ1) is 19.5. The van der Waals surface area contributed by atoms with Gasteiger partial charge < -0.3 is 32.8 Å². The Kier molecular flexibility index (Phi) is 9.35. The summed E-state index contributed by atoms with van der Waals surface area (Å²) in [5.41, 5.74) is 2.44. The van der Waals surface area contributed by atoms with Crippen molar-refractivity contribution in [3.8, 4) is 17.0 Å². The Morgan fingerprint density at radius 1 is 0.878 bits per heavy atom. The fourth-order valence-electron chi connectivity index (χ4n) is 4.35. The van der Waals surface area contributed by atoms with Crippen LogP contribution >= 0.6 is 11.3 Å². The van der Waals surface area contributed by atoms with Crippen molar-refractivity contribution in [3.05, 3.63) is 45.6 Å². The van der Waals surface area contributed by atoms with Crippen LogP contribution in [0.3, 0.4) is 0 Å². The minimum atomic E-state index is -1.30. The third kappa shape index (κ3) is 7.27. The predicted molar refractivity (Wildman–Crippen MR) is 141 cm³/mol. The quantitative estimate of drug-likeness (QED) is 0.264. The number of thiazole rings is 1. The number of rotatable bonds is 9. The van der Waals surface area contributed by atoms with Gasteiger partial charge in [0.1, 0.15) is 43.0 Å². The zero-order chi connectivity index (χ0) is 29.7. The summed E-state index contributed by atoms with van der Waals surface area (Å²) in [6.07, 6.45) is -4.66. The van der Waals surface area contributed by atoms with Crippen molar-refractivity contribution in [3.63, 3.8) is 0 Å². The van der Waals surface area contributed by atoms with Gasteiger partial charge in [0.25, 0.3) is 0 Å². The molecular weight excluding hydrogens is 562 g/mol. The van der Waals surface area contributed by atoms with Gasteiger partial charge in [0, 0.05) is 39.1 Å². The highest BCUT2D eigenvalue weighted by molar-refractivity contribution is 7.07. The molecule has 2 aromatic heterocycles. The lowest BCUT2D eigenvalue weighted by Gasteiger charge is -2.44. The van der Waals surface area contributed by atoms with Gasteiger partial charge >= 0.3 is 23.9 Å². The zero-order valence-corrected chi connectivity index (χ0v) is 23.3. The molecule has 218 valence electrons. The lowest BCUT2D eigenvalue weighted by atomic mass is 9.94. The van der Waals surface area contributed by atoms with Crippen molar-refractivity contribution >= 4 is 46.2 Å². The first kappa shape index (κ1) is 29.7. The number of carbonyl (C=O) groups excluding carboxylic acids is 4. The Labute approximate surface area is 237 Å². The highest BCUT2D eigenvalue weighted by Gasteiger charge is 2.52. The number of carbonyl (C=O) groups is 4. The van der Waals surface area contributed by atoms with Crippen LogP contribution in [-0.4, -0.2) is 72.6 Å². The summed E-state index contributed by atoms with van der Waals surface area (Å²) in [7, 11) is 0. The van der Waals surface area contributed by atoms with E-state index < -0.39 is 54.4 Å². The summed E-state index contributed by atoms with van der Waals surface area (Å²) >= 11 is 1.35. The second-order valence-electron chi connectivity index (χ2n) is 9.06. The minimum absolute atomic E-state index is 0.244. The zero-order valence-electron chi connectivity index (χ0n) is 22.5. The van der Waals surface area contributed by atoms with Crippen LogP contribution in [0.15, 0.2) is 44.6 Å². The standard InChI is InChI=1S/C27H27NO12S/c1-13(29)34-9-22-25(37-14(2)30)27(39-16(4)32)26(38-15(3)31)23(40-22)10-35-17-5-6-18-21(7-17)36-8-19(24(18)33)20-11-41-12-28-20/h5-8,11-12,22-23,25-27H,9-10H2,1-4H3. The molecule has 0 N–H and O–H groups in total. The largest absolute Gasteiger partial charge is 0.491 e. The molecule has 41 heavy (non-hydrogen) atoms. The van der Waals surface area contributed by atoms with Gasteiger partial charge in [-0.15, -0.1) is 11.3 Å². The molecule has 0 saturated carbocycles. The van der Waals surface area contributed by atoms with E-state index in [9.17, 15) is 24.0 Å². The third-order valence-corrected chi connectivity index (χ3v) is 6.54. The molecule has 0 aliphatic carbocycles. The number of benzene rings is 1. The maximum atomic E-state index is 12.9. The van der Waals surface area contributed by atoms with Crippen LogP contribution in [0.1, 0.15) is 27.7 Å². The Balaban J connectivity index is 1.61. The summed E-state index contributed by atoms with van der Waals surface area (Å²) in [6, 6.07) is 4.60. The van der Waals surface area contributed by atoms with Crippen LogP contribution in [0.4, 0.5) is 0 Å². The molecule has 4 rings (SSSR count). The second-order valence-corrected chi connectivity index (χ2v) is 9.78. The molecule has 1 aromatic carbocycles. The predicted octanol–water partition coefficient (Wildman–Crippen LogP) is 2.42. The van der Waals surface area contributed by atoms with E-state index in [0.29, 0.717) is 16.6 Å². The van der Waals surface area contributed by atoms with Gasteiger partial charge in [0.2, 0.25) is 5.43 Å². The Morgan fingerprint density at radius 2 is 1.51 bits per heavy atom. The molecule has 13 nitrogen and oxygen atoms in total. The van der Waals surface area contributed by atoms with Crippen molar-refractivity contribution in [1.29, 1.82) is 0 Å².